The van der Waals surface area contributed by atoms with Crippen molar-refractivity contribution in [3.05, 3.63) is 65.4 Å². The van der Waals surface area contributed by atoms with Crippen LogP contribution in [0.5, 0.6) is 0 Å². The predicted octanol–water partition coefficient (Wildman–Crippen LogP) is 5.05. The first-order chi connectivity index (χ1) is 13.2. The van der Waals surface area contributed by atoms with E-state index in [9.17, 15) is 0 Å². The van der Waals surface area contributed by atoms with E-state index in [1.165, 1.54) is 49.7 Å². The highest BCUT2D eigenvalue weighted by molar-refractivity contribution is 6.12. The molecule has 0 aliphatic rings. The van der Waals surface area contributed by atoms with Gasteiger partial charge in [-0.3, -0.25) is 4.98 Å². The lowest BCUT2D eigenvalue weighted by Gasteiger charge is -2.08. The molecule has 0 radical (unpaired) electrons. The summed E-state index contributed by atoms with van der Waals surface area (Å²) in [5.41, 5.74) is 10.2. The zero-order valence-electron chi connectivity index (χ0n) is 16.4. The second-order valence-electron chi connectivity index (χ2n) is 7.41. The van der Waals surface area contributed by atoms with Crippen molar-refractivity contribution in [1.82, 2.24) is 9.38 Å². The average Bonchev–Trinajstić information content (AvgIpc) is 3.01. The number of hydrogen-bond acceptors (Lipinski definition) is 1. The molecule has 0 amide bonds. The summed E-state index contributed by atoms with van der Waals surface area (Å²) < 4.78 is 4.81. The predicted molar refractivity (Wildman–Crippen MR) is 112 cm³/mol. The van der Waals surface area contributed by atoms with Crippen LogP contribution in [0.3, 0.4) is 0 Å². The molecule has 0 aliphatic heterocycles. The number of benzene rings is 2. The van der Waals surface area contributed by atoms with Crippen LogP contribution in [0.4, 0.5) is 0 Å². The Bertz CT molecular complexity index is 1360. The highest BCUT2D eigenvalue weighted by atomic mass is 15.1. The molecule has 0 fully saturated rings. The Morgan fingerprint density at radius 1 is 1.04 bits per heavy atom. The van der Waals surface area contributed by atoms with E-state index in [-0.39, 0.29) is 0 Å². The Balaban J connectivity index is 2.23. The largest absolute Gasteiger partial charge is 0.297 e. The van der Waals surface area contributed by atoms with Gasteiger partial charge in [-0.15, -0.1) is 0 Å². The molecule has 0 aliphatic carbocycles. The molecule has 3 heterocycles. The third kappa shape index (κ3) is 2.08. The second-order valence-corrected chi connectivity index (χ2v) is 7.41. The van der Waals surface area contributed by atoms with Crippen LogP contribution in [0.15, 0.2) is 48.7 Å². The van der Waals surface area contributed by atoms with Crippen molar-refractivity contribution in [3.63, 3.8) is 0 Å². The number of aromatic nitrogens is 3. The Kier molecular flexibility index (Phi) is 3.48. The molecule has 134 valence electrons. The molecule has 2 aromatic carbocycles. The van der Waals surface area contributed by atoms with Crippen molar-refractivity contribution in [3.8, 4) is 0 Å². The first-order valence-electron chi connectivity index (χ1n) is 9.77. The fourth-order valence-corrected chi connectivity index (χ4v) is 4.50. The molecule has 3 heteroatoms. The van der Waals surface area contributed by atoms with Gasteiger partial charge < -0.3 is 0 Å². The van der Waals surface area contributed by atoms with Gasteiger partial charge in [0, 0.05) is 17.1 Å². The molecular weight excluding hydrogens is 330 g/mol. The molecule has 0 saturated heterocycles. The Labute approximate surface area is 158 Å². The molecule has 0 N–H and O–H groups in total. The topological polar surface area (TPSA) is 21.2 Å². The molecule has 0 atom stereocenters. The molecular formula is C24H24N3+. The third-order valence-electron chi connectivity index (χ3n) is 5.94. The van der Waals surface area contributed by atoms with Gasteiger partial charge in [-0.1, -0.05) is 32.0 Å². The summed E-state index contributed by atoms with van der Waals surface area (Å²) in [6, 6.07) is 15.6. The van der Waals surface area contributed by atoms with Crippen LogP contribution in [-0.4, -0.2) is 9.38 Å². The summed E-state index contributed by atoms with van der Waals surface area (Å²) in [6.07, 6.45) is 3.98. The fraction of sp³-hybridized carbons (Fsp3) is 0.250. The molecule has 27 heavy (non-hydrogen) atoms. The van der Waals surface area contributed by atoms with Crippen LogP contribution >= 0.6 is 0 Å². The maximum absolute atomic E-state index is 4.80. The number of hydrogen-bond donors (Lipinski definition) is 0. The van der Waals surface area contributed by atoms with Crippen LogP contribution < -0.4 is 4.57 Å². The highest BCUT2D eigenvalue weighted by Gasteiger charge is 2.26. The number of rotatable bonds is 2. The standard InChI is InChI=1S/C24H24N3/c1-5-16-10-11-18-20(14-16)27-23-17(6-2)8-7-9-19(23)26(4)24(27)21-15(3)12-13-25-22(18)21/h7-14H,5-6H2,1-4H3/q+1. The number of pyridine rings is 2. The molecule has 3 aromatic heterocycles. The van der Waals surface area contributed by atoms with Gasteiger partial charge in [0.15, 0.2) is 11.0 Å². The summed E-state index contributed by atoms with van der Waals surface area (Å²) >= 11 is 0. The minimum atomic E-state index is 1.02. The Morgan fingerprint density at radius 2 is 1.89 bits per heavy atom. The molecule has 0 unspecified atom stereocenters. The van der Waals surface area contributed by atoms with Crippen molar-refractivity contribution in [2.45, 2.75) is 33.6 Å². The average molecular weight is 354 g/mol. The van der Waals surface area contributed by atoms with Gasteiger partial charge in [0.05, 0.1) is 18.0 Å². The molecule has 0 saturated carbocycles. The SMILES string of the molecule is CCc1ccc2c3nccc(C)c3c3n(c2c1)c1c(CC)cccc1[n+]3C. The Hall–Kier alpha value is -2.94. The van der Waals surface area contributed by atoms with Gasteiger partial charge in [-0.05, 0) is 55.2 Å². The molecule has 0 bridgehead atoms. The highest BCUT2D eigenvalue weighted by Crippen LogP contribution is 2.33. The minimum Gasteiger partial charge on any atom is -0.255 e. The van der Waals surface area contributed by atoms with E-state index in [4.69, 9.17) is 4.98 Å². The Morgan fingerprint density at radius 3 is 2.67 bits per heavy atom. The van der Waals surface area contributed by atoms with E-state index in [2.05, 4.69) is 79.3 Å². The van der Waals surface area contributed by atoms with Crippen LogP contribution in [-0.2, 0) is 19.9 Å². The zero-order valence-corrected chi connectivity index (χ0v) is 16.4. The van der Waals surface area contributed by atoms with E-state index >= 15 is 0 Å². The quantitative estimate of drug-likeness (QED) is 0.321. The van der Waals surface area contributed by atoms with E-state index in [0.717, 1.165) is 18.4 Å². The monoisotopic (exact) mass is 354 g/mol. The lowest BCUT2D eigenvalue weighted by Crippen LogP contribution is -2.27. The van der Waals surface area contributed by atoms with Crippen molar-refractivity contribution in [1.29, 1.82) is 0 Å². The maximum atomic E-state index is 4.80. The molecule has 3 nitrogen and oxygen atoms in total. The first-order valence-corrected chi connectivity index (χ1v) is 9.77. The summed E-state index contributed by atoms with van der Waals surface area (Å²) in [6.45, 7) is 6.64. The normalized spacial score (nSPS) is 12.0. The van der Waals surface area contributed by atoms with Gasteiger partial charge in [0.2, 0.25) is 0 Å². The van der Waals surface area contributed by atoms with Crippen LogP contribution in [0.2, 0.25) is 0 Å². The van der Waals surface area contributed by atoms with E-state index in [0.29, 0.717) is 0 Å². The van der Waals surface area contributed by atoms with Crippen molar-refractivity contribution >= 4 is 38.5 Å². The lowest BCUT2D eigenvalue weighted by atomic mass is 10.0. The third-order valence-corrected chi connectivity index (χ3v) is 5.94. The van der Waals surface area contributed by atoms with Crippen molar-refractivity contribution in [2.75, 3.05) is 0 Å². The number of nitrogens with zero attached hydrogens (tertiary/aromatic N) is 3. The van der Waals surface area contributed by atoms with E-state index in [1.807, 2.05) is 6.20 Å². The van der Waals surface area contributed by atoms with Gasteiger partial charge in [0.25, 0.3) is 5.65 Å². The molecule has 0 spiro atoms. The van der Waals surface area contributed by atoms with E-state index in [1.54, 1.807) is 0 Å². The van der Waals surface area contributed by atoms with Crippen molar-refractivity contribution in [2.24, 2.45) is 7.05 Å². The van der Waals surface area contributed by atoms with Crippen LogP contribution in [0, 0.1) is 6.92 Å². The van der Waals surface area contributed by atoms with Gasteiger partial charge in [0.1, 0.15) is 5.52 Å². The van der Waals surface area contributed by atoms with E-state index < -0.39 is 0 Å². The summed E-state index contributed by atoms with van der Waals surface area (Å²) in [4.78, 5) is 4.80. The first kappa shape index (κ1) is 16.2. The number of aryl methyl sites for hydroxylation is 4. The van der Waals surface area contributed by atoms with Gasteiger partial charge in [-0.25, -0.2) is 4.57 Å². The summed E-state index contributed by atoms with van der Waals surface area (Å²) in [7, 11) is 2.18. The number of fused-ring (bicyclic) bond motifs is 8. The summed E-state index contributed by atoms with van der Waals surface area (Å²) in [5, 5.41) is 2.47. The fourth-order valence-electron chi connectivity index (χ4n) is 4.50. The summed E-state index contributed by atoms with van der Waals surface area (Å²) in [5.74, 6) is 0. The molecule has 5 aromatic rings. The molecule has 5 rings (SSSR count). The lowest BCUT2D eigenvalue weighted by molar-refractivity contribution is -0.617. The van der Waals surface area contributed by atoms with Crippen LogP contribution in [0.25, 0.3) is 38.5 Å². The second kappa shape index (κ2) is 5.78. The van der Waals surface area contributed by atoms with Crippen LogP contribution in [0.1, 0.15) is 30.5 Å². The maximum Gasteiger partial charge on any atom is 0.297 e. The smallest absolute Gasteiger partial charge is 0.255 e. The van der Waals surface area contributed by atoms with Gasteiger partial charge >= 0.3 is 0 Å². The minimum absolute atomic E-state index is 1.02. The number of para-hydroxylation sites is 1. The van der Waals surface area contributed by atoms with Crippen molar-refractivity contribution < 1.29 is 4.57 Å². The van der Waals surface area contributed by atoms with Gasteiger partial charge in [-0.2, -0.15) is 4.40 Å². The number of imidazole rings is 1. The zero-order chi connectivity index (χ0) is 18.7.